The molecule has 0 saturated heterocycles. The van der Waals surface area contributed by atoms with E-state index in [1.165, 1.54) is 18.2 Å². The minimum atomic E-state index is -3.80. The highest BCUT2D eigenvalue weighted by Crippen LogP contribution is 2.34. The minimum Gasteiger partial charge on any atom is -0.440 e. The van der Waals surface area contributed by atoms with Gasteiger partial charge in [-0.2, -0.15) is 0 Å². The lowest BCUT2D eigenvalue weighted by Crippen LogP contribution is -2.11. The lowest BCUT2D eigenvalue weighted by Gasteiger charge is -2.04. The summed E-state index contributed by atoms with van der Waals surface area (Å²) in [5.41, 5.74) is 3.45. The molecule has 0 saturated carbocycles. The molecule has 1 heterocycles. The summed E-state index contributed by atoms with van der Waals surface area (Å²) in [4.78, 5) is 4.67. The van der Waals surface area contributed by atoms with Gasteiger partial charge in [-0.1, -0.05) is 30.3 Å². The first-order valence-electron chi connectivity index (χ1n) is 9.24. The third-order valence-electron chi connectivity index (χ3n) is 4.75. The molecule has 0 spiro atoms. The Hall–Kier alpha value is -3.29. The average molecular weight is 422 g/mol. The molecule has 0 aliphatic carbocycles. The van der Waals surface area contributed by atoms with Crippen molar-refractivity contribution in [1.29, 1.82) is 0 Å². The van der Waals surface area contributed by atoms with Crippen LogP contribution in [0.15, 0.2) is 82.1 Å². The highest BCUT2D eigenvalue weighted by atomic mass is 32.2. The Kier molecular flexibility index (Phi) is 5.24. The van der Waals surface area contributed by atoms with E-state index in [0.717, 1.165) is 5.56 Å². The maximum Gasteiger partial charge on any atom is 0.238 e. The number of primary sulfonamides is 1. The van der Waals surface area contributed by atoms with Crippen molar-refractivity contribution in [3.63, 3.8) is 0 Å². The number of rotatable bonds is 5. The summed E-state index contributed by atoms with van der Waals surface area (Å²) in [5.74, 6) is 0.683. The largest absolute Gasteiger partial charge is 0.440 e. The van der Waals surface area contributed by atoms with E-state index in [2.05, 4.69) is 4.98 Å². The summed E-state index contributed by atoms with van der Waals surface area (Å²) >= 11 is 0. The van der Waals surface area contributed by atoms with E-state index in [1.807, 2.05) is 30.3 Å². The van der Waals surface area contributed by atoms with Crippen LogP contribution in [0.5, 0.6) is 0 Å². The van der Waals surface area contributed by atoms with Crippen LogP contribution < -0.4 is 5.14 Å². The van der Waals surface area contributed by atoms with Gasteiger partial charge in [0.2, 0.25) is 10.0 Å². The zero-order valence-electron chi connectivity index (χ0n) is 16.2. The van der Waals surface area contributed by atoms with Gasteiger partial charge in [0.25, 0.3) is 0 Å². The van der Waals surface area contributed by atoms with Gasteiger partial charge in [0.1, 0.15) is 11.5 Å². The first-order chi connectivity index (χ1) is 14.3. The van der Waals surface area contributed by atoms with Gasteiger partial charge < -0.3 is 4.42 Å². The monoisotopic (exact) mass is 422 g/mol. The SMILES string of the molecule is Cc1cc(-c2nc(Cc3ccccc3)oc2-c2ccc(S(N)(=O)=O)cc2)ccc1F. The van der Waals surface area contributed by atoms with Crippen LogP contribution in [0.3, 0.4) is 0 Å². The van der Waals surface area contributed by atoms with E-state index in [0.29, 0.717) is 40.5 Å². The number of nitrogens with zero attached hydrogens (tertiary/aromatic N) is 1. The molecule has 4 aromatic rings. The second-order valence-electron chi connectivity index (χ2n) is 6.98. The summed E-state index contributed by atoms with van der Waals surface area (Å²) in [6.45, 7) is 1.68. The Morgan fingerprint density at radius 3 is 2.27 bits per heavy atom. The van der Waals surface area contributed by atoms with Crippen molar-refractivity contribution in [3.8, 4) is 22.6 Å². The molecule has 2 N–H and O–H groups in total. The number of aromatic nitrogens is 1. The standard InChI is InChI=1S/C23H19FN2O3S/c1-15-13-18(9-12-20(15)24)22-23(17-7-10-19(11-8-17)30(25,27)28)29-21(26-22)14-16-5-3-2-4-6-16/h2-13H,14H2,1H3,(H2,25,27,28). The van der Waals surface area contributed by atoms with Crippen molar-refractivity contribution >= 4 is 10.0 Å². The molecule has 5 nitrogen and oxygen atoms in total. The van der Waals surface area contributed by atoms with Crippen molar-refractivity contribution < 1.29 is 17.2 Å². The van der Waals surface area contributed by atoms with E-state index >= 15 is 0 Å². The van der Waals surface area contributed by atoms with Gasteiger partial charge in [0.15, 0.2) is 11.7 Å². The predicted molar refractivity (Wildman–Crippen MR) is 113 cm³/mol. The topological polar surface area (TPSA) is 86.2 Å². The summed E-state index contributed by atoms with van der Waals surface area (Å²) in [7, 11) is -3.80. The Labute approximate surface area is 174 Å². The first-order valence-corrected chi connectivity index (χ1v) is 10.8. The van der Waals surface area contributed by atoms with E-state index in [1.54, 1.807) is 31.2 Å². The van der Waals surface area contributed by atoms with Crippen LogP contribution in [0.1, 0.15) is 17.0 Å². The fourth-order valence-electron chi connectivity index (χ4n) is 3.19. The molecule has 0 aliphatic heterocycles. The fourth-order valence-corrected chi connectivity index (χ4v) is 3.71. The summed E-state index contributed by atoms with van der Waals surface area (Å²) < 4.78 is 42.9. The molecule has 4 rings (SSSR count). The molecule has 0 atom stereocenters. The Morgan fingerprint density at radius 1 is 0.967 bits per heavy atom. The van der Waals surface area contributed by atoms with E-state index in [4.69, 9.17) is 9.56 Å². The van der Waals surface area contributed by atoms with E-state index in [-0.39, 0.29) is 10.7 Å². The molecule has 0 radical (unpaired) electrons. The van der Waals surface area contributed by atoms with Gasteiger partial charge in [-0.3, -0.25) is 0 Å². The normalized spacial score (nSPS) is 11.6. The molecule has 0 unspecified atom stereocenters. The number of aryl methyl sites for hydroxylation is 1. The second kappa shape index (κ2) is 7.85. The first kappa shape index (κ1) is 20.0. The highest BCUT2D eigenvalue weighted by molar-refractivity contribution is 7.89. The van der Waals surface area contributed by atoms with Crippen LogP contribution in [-0.4, -0.2) is 13.4 Å². The van der Waals surface area contributed by atoms with Gasteiger partial charge in [0, 0.05) is 17.5 Å². The molecule has 0 bridgehead atoms. The number of oxazole rings is 1. The molecule has 0 fully saturated rings. The van der Waals surface area contributed by atoms with Crippen molar-refractivity contribution in [2.45, 2.75) is 18.2 Å². The number of halogens is 1. The molecule has 1 aromatic heterocycles. The average Bonchev–Trinajstić information content (AvgIpc) is 3.14. The molecule has 30 heavy (non-hydrogen) atoms. The summed E-state index contributed by atoms with van der Waals surface area (Å²) in [5, 5.41) is 5.19. The molecule has 152 valence electrons. The Bertz CT molecular complexity index is 1300. The molecule has 0 aliphatic rings. The van der Waals surface area contributed by atoms with Crippen molar-refractivity contribution in [2.75, 3.05) is 0 Å². The van der Waals surface area contributed by atoms with Crippen LogP contribution in [0.2, 0.25) is 0 Å². The van der Waals surface area contributed by atoms with E-state index < -0.39 is 10.0 Å². The molecule has 0 amide bonds. The Morgan fingerprint density at radius 2 is 1.63 bits per heavy atom. The van der Waals surface area contributed by atoms with Crippen LogP contribution in [-0.2, 0) is 16.4 Å². The maximum atomic E-state index is 13.8. The zero-order chi connectivity index (χ0) is 21.3. The van der Waals surface area contributed by atoms with Crippen LogP contribution >= 0.6 is 0 Å². The summed E-state index contributed by atoms with van der Waals surface area (Å²) in [6.07, 6.45) is 0.489. The fraction of sp³-hybridized carbons (Fsp3) is 0.0870. The molecular formula is C23H19FN2O3S. The number of sulfonamides is 1. The smallest absolute Gasteiger partial charge is 0.238 e. The maximum absolute atomic E-state index is 13.8. The second-order valence-corrected chi connectivity index (χ2v) is 8.54. The number of benzene rings is 3. The lowest BCUT2D eigenvalue weighted by molar-refractivity contribution is 0.519. The van der Waals surface area contributed by atoms with Gasteiger partial charge in [-0.05, 0) is 60.5 Å². The van der Waals surface area contributed by atoms with Gasteiger partial charge >= 0.3 is 0 Å². The van der Waals surface area contributed by atoms with E-state index in [9.17, 15) is 12.8 Å². The van der Waals surface area contributed by atoms with Crippen LogP contribution in [0.25, 0.3) is 22.6 Å². The zero-order valence-corrected chi connectivity index (χ0v) is 17.0. The number of hydrogen-bond donors (Lipinski definition) is 1. The third kappa shape index (κ3) is 4.17. The van der Waals surface area contributed by atoms with Crippen LogP contribution in [0.4, 0.5) is 4.39 Å². The highest BCUT2D eigenvalue weighted by Gasteiger charge is 2.19. The summed E-state index contributed by atoms with van der Waals surface area (Å²) in [6, 6.07) is 20.6. The van der Waals surface area contributed by atoms with Crippen molar-refractivity contribution in [3.05, 3.63) is 95.6 Å². The van der Waals surface area contributed by atoms with Crippen LogP contribution in [0, 0.1) is 12.7 Å². The quantitative estimate of drug-likeness (QED) is 0.505. The van der Waals surface area contributed by atoms with Crippen molar-refractivity contribution in [2.24, 2.45) is 5.14 Å². The lowest BCUT2D eigenvalue weighted by atomic mass is 10.0. The van der Waals surface area contributed by atoms with Gasteiger partial charge in [-0.25, -0.2) is 22.9 Å². The predicted octanol–water partition coefficient (Wildman–Crippen LogP) is 4.69. The van der Waals surface area contributed by atoms with Crippen molar-refractivity contribution in [1.82, 2.24) is 4.98 Å². The third-order valence-corrected chi connectivity index (χ3v) is 5.68. The van der Waals surface area contributed by atoms with Gasteiger partial charge in [-0.15, -0.1) is 0 Å². The molecule has 3 aromatic carbocycles. The molecular weight excluding hydrogens is 403 g/mol. The number of hydrogen-bond acceptors (Lipinski definition) is 4. The van der Waals surface area contributed by atoms with Gasteiger partial charge in [0.05, 0.1) is 4.90 Å². The molecule has 7 heteroatoms. The minimum absolute atomic E-state index is 0.00875. The number of nitrogens with two attached hydrogens (primary N) is 1. The Balaban J connectivity index is 1.81.